The minimum Gasteiger partial charge on any atom is -0.355 e. The van der Waals surface area contributed by atoms with Crippen LogP contribution in [0, 0.1) is 11.8 Å². The first-order valence-electron chi connectivity index (χ1n) is 17.1. The van der Waals surface area contributed by atoms with Crippen LogP contribution in [0.1, 0.15) is 73.1 Å². The van der Waals surface area contributed by atoms with E-state index in [-0.39, 0.29) is 36.2 Å². The Morgan fingerprint density at radius 2 is 1.68 bits per heavy atom. The number of H-pyrrole nitrogens is 1. The van der Waals surface area contributed by atoms with E-state index in [0.717, 1.165) is 47.8 Å². The van der Waals surface area contributed by atoms with E-state index in [2.05, 4.69) is 48.6 Å². The molecule has 1 aromatic heterocycles. The predicted molar refractivity (Wildman–Crippen MR) is 189 cm³/mol. The van der Waals surface area contributed by atoms with Gasteiger partial charge in [0.05, 0.1) is 12.6 Å². The molecule has 10 nitrogen and oxygen atoms in total. The third-order valence-electron chi connectivity index (χ3n) is 8.68. The number of carbonyl (C=O) groups is 4. The van der Waals surface area contributed by atoms with Crippen molar-refractivity contribution in [3.8, 4) is 11.3 Å². The third-order valence-corrected chi connectivity index (χ3v) is 8.68. The number of likely N-dealkylation sites (N-methyl/N-ethyl adjacent to an activating group) is 1. The lowest BCUT2D eigenvalue weighted by Gasteiger charge is -2.28. The van der Waals surface area contributed by atoms with E-state index in [9.17, 15) is 19.2 Å². The third kappa shape index (κ3) is 9.67. The molecule has 4 rings (SSSR count). The maximum absolute atomic E-state index is 13.3. The first-order chi connectivity index (χ1) is 22.5. The van der Waals surface area contributed by atoms with Crippen LogP contribution < -0.4 is 16.0 Å². The zero-order valence-corrected chi connectivity index (χ0v) is 28.8. The second-order valence-corrected chi connectivity index (χ2v) is 13.5. The van der Waals surface area contributed by atoms with E-state index >= 15 is 0 Å². The van der Waals surface area contributed by atoms with Crippen molar-refractivity contribution in [3.05, 3.63) is 48.5 Å². The van der Waals surface area contributed by atoms with Crippen molar-refractivity contribution in [1.82, 2.24) is 20.1 Å². The molecule has 0 unspecified atom stereocenters. The summed E-state index contributed by atoms with van der Waals surface area (Å²) in [7, 11) is 1.80. The number of nitrogens with one attached hydrogen (secondary N) is 4. The van der Waals surface area contributed by atoms with Gasteiger partial charge in [-0.2, -0.15) is 0 Å². The van der Waals surface area contributed by atoms with Gasteiger partial charge in [-0.25, -0.2) is 0 Å². The van der Waals surface area contributed by atoms with Gasteiger partial charge in [-0.15, -0.1) is 0 Å². The molecule has 0 radical (unpaired) electrons. The van der Waals surface area contributed by atoms with Gasteiger partial charge in [-0.05, 0) is 92.9 Å². The van der Waals surface area contributed by atoms with E-state index in [1.54, 1.807) is 16.8 Å². The Hall–Kier alpha value is -4.18. The molecule has 1 fully saturated rings. The van der Waals surface area contributed by atoms with Crippen LogP contribution in [-0.2, 0) is 19.2 Å². The molecule has 1 saturated heterocycles. The lowest BCUT2D eigenvalue weighted by Crippen LogP contribution is -2.51. The zero-order valence-electron chi connectivity index (χ0n) is 28.8. The Morgan fingerprint density at radius 3 is 2.34 bits per heavy atom. The maximum atomic E-state index is 13.3. The number of hydrogen-bond donors (Lipinski definition) is 4. The smallest absolute Gasteiger partial charge is 0.247 e. The highest BCUT2D eigenvalue weighted by Crippen LogP contribution is 2.28. The van der Waals surface area contributed by atoms with E-state index < -0.39 is 6.04 Å². The minimum atomic E-state index is -0.484. The summed E-state index contributed by atoms with van der Waals surface area (Å²) in [6, 6.07) is 14.6. The van der Waals surface area contributed by atoms with Crippen LogP contribution >= 0.6 is 0 Å². The standard InChI is InChI=1S/C37H52N6O4/c1-7-18-42(35(45)17-10-24(2)3)23-34(44)39-28-13-11-26(12-14-28)31-22-27-21-29(15-16-30(27)41-31)40-36(46)33-9-8-19-43(33)37(47)32(38-6)20-25(4)5/h11-16,21-22,24-25,32-33,38,41H,7-10,17-20,23H2,1-6H3,(H,39,44)(H,40,46)/t32-,33+/m1/s1. The number of aromatic nitrogens is 1. The second-order valence-electron chi connectivity index (χ2n) is 13.5. The summed E-state index contributed by atoms with van der Waals surface area (Å²) in [5.41, 5.74) is 4.12. The molecular formula is C37H52N6O4. The Morgan fingerprint density at radius 1 is 0.957 bits per heavy atom. The molecular weight excluding hydrogens is 592 g/mol. The second kappa shape index (κ2) is 16.6. The van der Waals surface area contributed by atoms with Crippen molar-refractivity contribution in [3.63, 3.8) is 0 Å². The predicted octanol–water partition coefficient (Wildman–Crippen LogP) is 6.01. The molecule has 254 valence electrons. The van der Waals surface area contributed by atoms with Gasteiger partial charge in [-0.1, -0.05) is 46.8 Å². The molecule has 10 heteroatoms. The fourth-order valence-electron chi connectivity index (χ4n) is 6.15. The number of aromatic amines is 1. The summed E-state index contributed by atoms with van der Waals surface area (Å²) in [6.07, 6.45) is 4.24. The number of amides is 4. The van der Waals surface area contributed by atoms with E-state index in [0.29, 0.717) is 49.1 Å². The van der Waals surface area contributed by atoms with Gasteiger partial charge < -0.3 is 30.7 Å². The van der Waals surface area contributed by atoms with Gasteiger partial charge in [0.2, 0.25) is 23.6 Å². The molecule has 2 atom stereocenters. The number of anilines is 2. The normalized spacial score (nSPS) is 15.3. The highest BCUT2D eigenvalue weighted by atomic mass is 16.2. The lowest BCUT2D eigenvalue weighted by atomic mass is 10.0. The summed E-state index contributed by atoms with van der Waals surface area (Å²) in [4.78, 5) is 58.8. The topological polar surface area (TPSA) is 127 Å². The monoisotopic (exact) mass is 644 g/mol. The fraction of sp³-hybridized carbons (Fsp3) is 0.514. The quantitative estimate of drug-likeness (QED) is 0.161. The van der Waals surface area contributed by atoms with Crippen LogP contribution in [0.3, 0.4) is 0 Å². The molecule has 4 amide bonds. The minimum absolute atomic E-state index is 0.0131. The fourth-order valence-corrected chi connectivity index (χ4v) is 6.15. The summed E-state index contributed by atoms with van der Waals surface area (Å²) >= 11 is 0. The number of benzene rings is 2. The SMILES string of the molecule is CCCN(CC(=O)Nc1ccc(-c2cc3cc(NC(=O)[C@@H]4CCCN4C(=O)[C@@H](CC(C)C)NC)ccc3[nH]2)cc1)C(=O)CCC(C)C. The van der Waals surface area contributed by atoms with Crippen molar-refractivity contribution in [2.75, 3.05) is 37.3 Å². The van der Waals surface area contributed by atoms with Crippen LogP contribution in [0.5, 0.6) is 0 Å². The largest absolute Gasteiger partial charge is 0.355 e. The lowest BCUT2D eigenvalue weighted by molar-refractivity contribution is -0.138. The molecule has 0 saturated carbocycles. The van der Waals surface area contributed by atoms with Crippen LogP contribution in [0.4, 0.5) is 11.4 Å². The molecule has 2 aromatic carbocycles. The van der Waals surface area contributed by atoms with Gasteiger partial charge in [0.25, 0.3) is 0 Å². The van der Waals surface area contributed by atoms with Gasteiger partial charge in [0.15, 0.2) is 0 Å². The van der Waals surface area contributed by atoms with Crippen LogP contribution in [0.15, 0.2) is 48.5 Å². The molecule has 0 bridgehead atoms. The molecule has 0 spiro atoms. The molecule has 1 aliphatic heterocycles. The van der Waals surface area contributed by atoms with Crippen molar-refractivity contribution in [2.24, 2.45) is 11.8 Å². The summed E-state index contributed by atoms with van der Waals surface area (Å²) < 4.78 is 0. The highest BCUT2D eigenvalue weighted by Gasteiger charge is 2.37. The molecule has 0 aliphatic carbocycles. The number of rotatable bonds is 15. The van der Waals surface area contributed by atoms with Gasteiger partial charge in [0.1, 0.15) is 6.04 Å². The summed E-state index contributed by atoms with van der Waals surface area (Å²) in [5.74, 6) is 0.426. The summed E-state index contributed by atoms with van der Waals surface area (Å²) in [6.45, 7) is 11.5. The van der Waals surface area contributed by atoms with Gasteiger partial charge in [0, 0.05) is 47.5 Å². The Labute approximate surface area is 279 Å². The Balaban J connectivity index is 1.37. The number of hydrogen-bond acceptors (Lipinski definition) is 5. The first-order valence-corrected chi connectivity index (χ1v) is 17.1. The first kappa shape index (κ1) is 35.7. The van der Waals surface area contributed by atoms with Crippen LogP contribution in [-0.4, -0.2) is 77.2 Å². The number of fused-ring (bicyclic) bond motifs is 1. The van der Waals surface area contributed by atoms with Gasteiger partial charge >= 0.3 is 0 Å². The van der Waals surface area contributed by atoms with Gasteiger partial charge in [-0.3, -0.25) is 19.2 Å². The number of likely N-dealkylation sites (tertiary alicyclic amines) is 1. The maximum Gasteiger partial charge on any atom is 0.247 e. The Kier molecular flexibility index (Phi) is 12.6. The van der Waals surface area contributed by atoms with E-state index in [4.69, 9.17) is 0 Å². The average molecular weight is 645 g/mol. The van der Waals surface area contributed by atoms with Crippen LogP contribution in [0.25, 0.3) is 22.2 Å². The Bertz CT molecular complexity index is 1530. The van der Waals surface area contributed by atoms with Crippen molar-refractivity contribution in [1.29, 1.82) is 0 Å². The molecule has 2 heterocycles. The van der Waals surface area contributed by atoms with Crippen molar-refractivity contribution in [2.45, 2.75) is 85.2 Å². The molecule has 4 N–H and O–H groups in total. The van der Waals surface area contributed by atoms with E-state index in [1.807, 2.05) is 55.5 Å². The molecule has 47 heavy (non-hydrogen) atoms. The zero-order chi connectivity index (χ0) is 34.1. The molecule has 1 aliphatic rings. The van der Waals surface area contributed by atoms with Crippen molar-refractivity contribution >= 4 is 45.9 Å². The van der Waals surface area contributed by atoms with Crippen LogP contribution in [0.2, 0.25) is 0 Å². The van der Waals surface area contributed by atoms with E-state index in [1.165, 1.54) is 0 Å². The number of carbonyl (C=O) groups excluding carboxylic acids is 4. The van der Waals surface area contributed by atoms with Crippen molar-refractivity contribution < 1.29 is 19.2 Å². The highest BCUT2D eigenvalue weighted by molar-refractivity contribution is 6.00. The number of nitrogens with zero attached hydrogens (tertiary/aromatic N) is 2. The average Bonchev–Trinajstić information content (AvgIpc) is 3.70. The molecule has 3 aromatic rings. The summed E-state index contributed by atoms with van der Waals surface area (Å²) in [5, 5.41) is 10.0.